The summed E-state index contributed by atoms with van der Waals surface area (Å²) in [5, 5.41) is 8.63. The predicted octanol–water partition coefficient (Wildman–Crippen LogP) is -0.566. The van der Waals surface area contributed by atoms with Crippen LogP contribution in [0.3, 0.4) is 0 Å². The van der Waals surface area contributed by atoms with Gasteiger partial charge in [0.1, 0.15) is 12.9 Å². The molecule has 0 aliphatic carbocycles. The van der Waals surface area contributed by atoms with Gasteiger partial charge in [-0.15, -0.1) is 0 Å². The van der Waals surface area contributed by atoms with Crippen molar-refractivity contribution in [3.63, 3.8) is 0 Å². The molecule has 2 aromatic rings. The molecule has 2 rings (SSSR count). The summed E-state index contributed by atoms with van der Waals surface area (Å²) >= 11 is 1.96. The first-order valence-electron chi connectivity index (χ1n) is 4.12. The maximum atomic E-state index is 8.63. The van der Waals surface area contributed by atoms with Crippen LogP contribution in [0.1, 0.15) is 0 Å². The molecular formula is C7H8IN5O2. The van der Waals surface area contributed by atoms with Crippen LogP contribution in [0, 0.1) is 3.83 Å². The van der Waals surface area contributed by atoms with Crippen molar-refractivity contribution in [2.45, 2.75) is 0 Å². The summed E-state index contributed by atoms with van der Waals surface area (Å²) in [6.45, 7) is 0.100. The van der Waals surface area contributed by atoms with E-state index < -0.39 is 0 Å². The molecule has 3 N–H and O–H groups in total. The van der Waals surface area contributed by atoms with Crippen LogP contribution in [0.2, 0.25) is 0 Å². The van der Waals surface area contributed by atoms with E-state index in [1.165, 1.54) is 11.1 Å². The number of nitrogen functional groups attached to an aromatic ring is 1. The highest BCUT2D eigenvalue weighted by Crippen LogP contribution is 2.15. The van der Waals surface area contributed by atoms with Crippen molar-refractivity contribution >= 4 is 39.6 Å². The van der Waals surface area contributed by atoms with Crippen molar-refractivity contribution in [1.82, 2.24) is 19.7 Å². The molecule has 0 bridgehead atoms. The molecule has 0 unspecified atom stereocenters. The zero-order chi connectivity index (χ0) is 10.8. The summed E-state index contributed by atoms with van der Waals surface area (Å²) in [7, 11) is 0. The Morgan fingerprint density at radius 2 is 2.33 bits per heavy atom. The Morgan fingerprint density at radius 3 is 3.07 bits per heavy atom. The second-order valence-corrected chi connectivity index (χ2v) is 3.64. The van der Waals surface area contributed by atoms with E-state index in [-0.39, 0.29) is 13.2 Å². The van der Waals surface area contributed by atoms with E-state index in [1.807, 2.05) is 22.6 Å². The lowest BCUT2D eigenvalue weighted by Gasteiger charge is -2.04. The molecule has 0 aliphatic heterocycles. The molecule has 2 aromatic heterocycles. The molecule has 0 atom stereocenters. The predicted molar refractivity (Wildman–Crippen MR) is 61.0 cm³/mol. The highest BCUT2D eigenvalue weighted by molar-refractivity contribution is 14.1. The van der Waals surface area contributed by atoms with Gasteiger partial charge >= 0.3 is 0 Å². The Kier molecular flexibility index (Phi) is 2.86. The lowest BCUT2D eigenvalue weighted by atomic mass is 10.5. The first kappa shape index (κ1) is 10.4. The molecule has 2 heterocycles. The SMILES string of the molecule is Nc1nc(I)nc2c1ncn2OCCO. The minimum absolute atomic E-state index is 0.0721. The van der Waals surface area contributed by atoms with Gasteiger partial charge in [-0.2, -0.15) is 9.71 Å². The van der Waals surface area contributed by atoms with Gasteiger partial charge in [-0.05, 0) is 0 Å². The van der Waals surface area contributed by atoms with E-state index in [0.717, 1.165) is 0 Å². The van der Waals surface area contributed by atoms with E-state index >= 15 is 0 Å². The van der Waals surface area contributed by atoms with Crippen molar-refractivity contribution < 1.29 is 9.94 Å². The van der Waals surface area contributed by atoms with E-state index in [0.29, 0.717) is 20.8 Å². The number of anilines is 1. The number of nitrogens with two attached hydrogens (primary N) is 1. The first-order valence-corrected chi connectivity index (χ1v) is 5.20. The molecule has 0 saturated heterocycles. The fourth-order valence-corrected chi connectivity index (χ4v) is 1.60. The smallest absolute Gasteiger partial charge is 0.202 e. The number of fused-ring (bicyclic) bond motifs is 1. The topological polar surface area (TPSA) is 99.1 Å². The summed E-state index contributed by atoms with van der Waals surface area (Å²) in [6, 6.07) is 0. The van der Waals surface area contributed by atoms with Gasteiger partial charge in [-0.1, -0.05) is 0 Å². The number of hydrogen-bond acceptors (Lipinski definition) is 6. The van der Waals surface area contributed by atoms with Gasteiger partial charge in [0.25, 0.3) is 0 Å². The Bertz CT molecular complexity index is 485. The van der Waals surface area contributed by atoms with E-state index in [4.69, 9.17) is 15.7 Å². The zero-order valence-corrected chi connectivity index (χ0v) is 9.75. The van der Waals surface area contributed by atoms with Crippen molar-refractivity contribution in [2.75, 3.05) is 18.9 Å². The van der Waals surface area contributed by atoms with E-state index in [2.05, 4.69) is 15.0 Å². The van der Waals surface area contributed by atoms with E-state index in [1.54, 1.807) is 0 Å². The zero-order valence-electron chi connectivity index (χ0n) is 7.59. The minimum Gasteiger partial charge on any atom is -0.408 e. The number of rotatable bonds is 3. The largest absolute Gasteiger partial charge is 0.408 e. The third-order valence-electron chi connectivity index (χ3n) is 1.69. The van der Waals surface area contributed by atoms with Crippen LogP contribution in [0.5, 0.6) is 0 Å². The summed E-state index contributed by atoms with van der Waals surface area (Å²) in [4.78, 5) is 17.3. The van der Waals surface area contributed by atoms with Gasteiger partial charge in [-0.3, -0.25) is 0 Å². The van der Waals surface area contributed by atoms with Crippen LogP contribution in [-0.2, 0) is 0 Å². The molecule has 0 spiro atoms. The molecule has 0 amide bonds. The first-order chi connectivity index (χ1) is 7.22. The summed E-state index contributed by atoms with van der Waals surface area (Å²) < 4.78 is 1.89. The number of halogens is 1. The van der Waals surface area contributed by atoms with Gasteiger partial charge in [-0.25, -0.2) is 9.97 Å². The summed E-state index contributed by atoms with van der Waals surface area (Å²) in [6.07, 6.45) is 1.45. The number of aliphatic hydroxyl groups excluding tert-OH is 1. The van der Waals surface area contributed by atoms with Crippen molar-refractivity contribution in [1.29, 1.82) is 0 Å². The van der Waals surface area contributed by atoms with Crippen molar-refractivity contribution in [3.05, 3.63) is 10.2 Å². The molecule has 7 nitrogen and oxygen atoms in total. The summed E-state index contributed by atoms with van der Waals surface area (Å²) in [5.41, 5.74) is 6.66. The molecule has 0 fully saturated rings. The van der Waals surface area contributed by atoms with Crippen molar-refractivity contribution in [3.8, 4) is 0 Å². The lowest BCUT2D eigenvalue weighted by molar-refractivity contribution is 0.0812. The Morgan fingerprint density at radius 1 is 1.53 bits per heavy atom. The van der Waals surface area contributed by atoms with Gasteiger partial charge < -0.3 is 15.7 Å². The minimum atomic E-state index is -0.0721. The van der Waals surface area contributed by atoms with Crippen molar-refractivity contribution in [2.24, 2.45) is 0 Å². The number of aliphatic hydroxyl groups is 1. The summed E-state index contributed by atoms with van der Waals surface area (Å²) in [5.74, 6) is 0.316. The molecule has 15 heavy (non-hydrogen) atoms. The monoisotopic (exact) mass is 321 g/mol. The van der Waals surface area contributed by atoms with Crippen LogP contribution in [0.4, 0.5) is 5.82 Å². The third-order valence-corrected chi connectivity index (χ3v) is 2.17. The number of hydrogen-bond donors (Lipinski definition) is 2. The Labute approximate surface area is 98.4 Å². The standard InChI is InChI=1S/C7H8IN5O2/c8-7-11-5(9)4-6(12-7)13(3-10-4)15-2-1-14/h3,14H,1-2H2,(H2,9,11,12). The molecular weight excluding hydrogens is 313 g/mol. The average molecular weight is 321 g/mol. The van der Waals surface area contributed by atoms with Gasteiger partial charge in [0.05, 0.1) is 6.61 Å². The van der Waals surface area contributed by atoms with Gasteiger partial charge in [0.2, 0.25) is 5.65 Å². The van der Waals surface area contributed by atoms with E-state index in [9.17, 15) is 0 Å². The molecule has 0 aliphatic rings. The second-order valence-electron chi connectivity index (χ2n) is 2.68. The number of imidazole rings is 1. The highest BCUT2D eigenvalue weighted by Gasteiger charge is 2.10. The maximum absolute atomic E-state index is 8.63. The fraction of sp³-hybridized carbons (Fsp3) is 0.286. The molecule has 8 heteroatoms. The van der Waals surface area contributed by atoms with Crippen LogP contribution >= 0.6 is 22.6 Å². The normalized spacial score (nSPS) is 10.8. The maximum Gasteiger partial charge on any atom is 0.202 e. The van der Waals surface area contributed by atoms with Gasteiger partial charge in [0.15, 0.2) is 15.2 Å². The average Bonchev–Trinajstić information content (AvgIpc) is 2.58. The van der Waals surface area contributed by atoms with Gasteiger partial charge in [0, 0.05) is 22.6 Å². The molecule has 0 aromatic carbocycles. The van der Waals surface area contributed by atoms with Crippen LogP contribution in [0.25, 0.3) is 11.2 Å². The third kappa shape index (κ3) is 1.95. The Hall–Kier alpha value is -1.16. The quantitative estimate of drug-likeness (QED) is 0.580. The highest BCUT2D eigenvalue weighted by atomic mass is 127. The molecule has 0 saturated carbocycles. The molecule has 80 valence electrons. The lowest BCUT2D eigenvalue weighted by Crippen LogP contribution is -2.15. The second kappa shape index (κ2) is 4.14. The number of aromatic nitrogens is 4. The number of nitrogens with zero attached hydrogens (tertiary/aromatic N) is 4. The van der Waals surface area contributed by atoms with Crippen LogP contribution < -0.4 is 10.6 Å². The fourth-order valence-electron chi connectivity index (χ4n) is 1.11. The molecule has 0 radical (unpaired) electrons. The van der Waals surface area contributed by atoms with Crippen LogP contribution in [-0.4, -0.2) is 38.0 Å². The Balaban J connectivity index is 2.49. The van der Waals surface area contributed by atoms with Crippen LogP contribution in [0.15, 0.2) is 6.33 Å².